The molecule has 0 N–H and O–H groups in total. The Morgan fingerprint density at radius 2 is 2.05 bits per heavy atom. The van der Waals surface area contributed by atoms with Crippen molar-refractivity contribution in [2.45, 2.75) is 20.5 Å². The van der Waals surface area contributed by atoms with Crippen LogP contribution in [0.1, 0.15) is 25.3 Å². The predicted octanol–water partition coefficient (Wildman–Crippen LogP) is 4.99. The van der Waals surface area contributed by atoms with Crippen molar-refractivity contribution >= 4 is 50.3 Å². The van der Waals surface area contributed by atoms with Crippen molar-refractivity contribution in [2.75, 3.05) is 0 Å². The predicted molar refractivity (Wildman–Crippen MR) is 87.5 cm³/mol. The van der Waals surface area contributed by atoms with Crippen LogP contribution in [0.15, 0.2) is 24.3 Å². The van der Waals surface area contributed by atoms with E-state index >= 15 is 0 Å². The third-order valence-corrected chi connectivity index (χ3v) is 5.76. The van der Waals surface area contributed by atoms with Crippen molar-refractivity contribution in [2.24, 2.45) is 0 Å². The van der Waals surface area contributed by atoms with Crippen molar-refractivity contribution in [3.63, 3.8) is 0 Å². The summed E-state index contributed by atoms with van der Waals surface area (Å²) >= 11 is 9.17. The second-order valence-corrected chi connectivity index (χ2v) is 7.28. The molecule has 0 radical (unpaired) electrons. The number of nitrogens with zero attached hydrogens (tertiary/aromatic N) is 1. The minimum Gasteiger partial charge on any atom is -0.456 e. The Hall–Kier alpha value is -1.43. The summed E-state index contributed by atoms with van der Waals surface area (Å²) < 4.78 is 6.36. The van der Waals surface area contributed by atoms with Crippen molar-refractivity contribution in [3.8, 4) is 0 Å². The van der Waals surface area contributed by atoms with E-state index in [1.165, 1.54) is 11.3 Å². The molecule has 0 aliphatic carbocycles. The molecule has 0 atom stereocenters. The summed E-state index contributed by atoms with van der Waals surface area (Å²) in [5.74, 6) is -0.383. The molecule has 0 amide bonds. The summed E-state index contributed by atoms with van der Waals surface area (Å²) in [5.41, 5.74) is 0.910. The van der Waals surface area contributed by atoms with Gasteiger partial charge < -0.3 is 4.74 Å². The minimum atomic E-state index is -0.383. The van der Waals surface area contributed by atoms with Crippen molar-refractivity contribution in [1.82, 2.24) is 4.98 Å². The highest BCUT2D eigenvalue weighted by Crippen LogP contribution is 2.35. The second kappa shape index (κ2) is 5.75. The molecule has 21 heavy (non-hydrogen) atoms. The summed E-state index contributed by atoms with van der Waals surface area (Å²) in [6.45, 7) is 4.09. The van der Waals surface area contributed by atoms with Gasteiger partial charge >= 0.3 is 5.97 Å². The monoisotopic (exact) mass is 337 g/mol. The van der Waals surface area contributed by atoms with Gasteiger partial charge in [0.25, 0.3) is 0 Å². The van der Waals surface area contributed by atoms with Crippen LogP contribution in [0.25, 0.3) is 10.1 Å². The molecule has 108 valence electrons. The number of halogens is 1. The quantitative estimate of drug-likeness (QED) is 0.632. The Balaban J connectivity index is 1.81. The number of hydrogen-bond acceptors (Lipinski definition) is 5. The number of ether oxygens (including phenoxy) is 1. The first-order valence-corrected chi connectivity index (χ1v) is 8.34. The van der Waals surface area contributed by atoms with Gasteiger partial charge in [0.05, 0.1) is 20.6 Å². The minimum absolute atomic E-state index is 0.237. The number of carbonyl (C=O) groups is 1. The number of thiazole rings is 1. The summed E-state index contributed by atoms with van der Waals surface area (Å²) in [4.78, 5) is 18.0. The molecule has 6 heteroatoms. The van der Waals surface area contributed by atoms with E-state index in [1.807, 2.05) is 38.1 Å². The highest BCUT2D eigenvalue weighted by atomic mass is 35.5. The average molecular weight is 338 g/mol. The number of benzene rings is 1. The number of aromatic nitrogens is 1. The fourth-order valence-electron chi connectivity index (χ4n) is 2.05. The van der Waals surface area contributed by atoms with Crippen molar-refractivity contribution < 1.29 is 9.53 Å². The molecule has 3 nitrogen and oxygen atoms in total. The van der Waals surface area contributed by atoms with Gasteiger partial charge in [-0.1, -0.05) is 29.8 Å². The van der Waals surface area contributed by atoms with Gasteiger partial charge in [-0.25, -0.2) is 9.78 Å². The zero-order valence-corrected chi connectivity index (χ0v) is 13.9. The maximum absolute atomic E-state index is 12.2. The molecule has 1 aromatic carbocycles. The molecule has 0 aliphatic heterocycles. The van der Waals surface area contributed by atoms with Gasteiger partial charge in [0.1, 0.15) is 11.5 Å². The molecule has 0 aliphatic rings. The fraction of sp³-hybridized carbons (Fsp3) is 0.200. The standard InChI is InChI=1S/C15H12ClNO2S2/c1-8-12(20-9(2)17-8)7-19-15(18)14-13(16)10-5-3-4-6-11(10)21-14/h3-6H,7H2,1-2H3. The molecule has 3 rings (SSSR count). The van der Waals surface area contributed by atoms with Crippen LogP contribution in [0.3, 0.4) is 0 Å². The Bertz CT molecular complexity index is 822. The number of hydrogen-bond donors (Lipinski definition) is 0. The van der Waals surface area contributed by atoms with E-state index in [2.05, 4.69) is 4.98 Å². The van der Waals surface area contributed by atoms with E-state index in [1.54, 1.807) is 11.3 Å². The van der Waals surface area contributed by atoms with Gasteiger partial charge in [0, 0.05) is 10.1 Å². The van der Waals surface area contributed by atoms with Crippen LogP contribution < -0.4 is 0 Å². The molecule has 2 aromatic heterocycles. The SMILES string of the molecule is Cc1nc(C)c(COC(=O)c2sc3ccccc3c2Cl)s1. The zero-order chi connectivity index (χ0) is 15.0. The first-order valence-electron chi connectivity index (χ1n) is 6.33. The van der Waals surface area contributed by atoms with Gasteiger partial charge in [0.2, 0.25) is 0 Å². The summed E-state index contributed by atoms with van der Waals surface area (Å²) in [6, 6.07) is 7.67. The largest absolute Gasteiger partial charge is 0.456 e. The molecule has 0 fully saturated rings. The maximum atomic E-state index is 12.2. The molecule has 0 unspecified atom stereocenters. The molecular formula is C15H12ClNO2S2. The highest BCUT2D eigenvalue weighted by molar-refractivity contribution is 7.21. The number of thiophene rings is 1. The number of esters is 1. The Kier molecular flexibility index (Phi) is 3.97. The number of rotatable bonds is 3. The Labute approximate surface area is 135 Å². The number of fused-ring (bicyclic) bond motifs is 1. The maximum Gasteiger partial charge on any atom is 0.350 e. The lowest BCUT2D eigenvalue weighted by Crippen LogP contribution is -2.03. The van der Waals surface area contributed by atoms with Crippen molar-refractivity contribution in [3.05, 3.63) is 49.7 Å². The molecule has 2 heterocycles. The lowest BCUT2D eigenvalue weighted by atomic mass is 10.2. The molecule has 0 saturated carbocycles. The third-order valence-electron chi connectivity index (χ3n) is 3.05. The molecular weight excluding hydrogens is 326 g/mol. The lowest BCUT2D eigenvalue weighted by molar-refractivity contribution is 0.0482. The van der Waals surface area contributed by atoms with Crippen LogP contribution in [0.5, 0.6) is 0 Å². The smallest absolute Gasteiger partial charge is 0.350 e. The van der Waals surface area contributed by atoms with Gasteiger partial charge in [-0.2, -0.15) is 0 Å². The Morgan fingerprint density at radius 3 is 2.71 bits per heavy atom. The summed E-state index contributed by atoms with van der Waals surface area (Å²) in [6.07, 6.45) is 0. The van der Waals surface area contributed by atoms with E-state index in [9.17, 15) is 4.79 Å². The van der Waals surface area contributed by atoms with E-state index in [0.717, 1.165) is 25.7 Å². The molecule has 3 aromatic rings. The van der Waals surface area contributed by atoms with E-state index < -0.39 is 0 Å². The van der Waals surface area contributed by atoms with E-state index in [4.69, 9.17) is 16.3 Å². The lowest BCUT2D eigenvalue weighted by Gasteiger charge is -2.02. The van der Waals surface area contributed by atoms with Crippen LogP contribution in [0, 0.1) is 13.8 Å². The van der Waals surface area contributed by atoms with E-state index in [-0.39, 0.29) is 12.6 Å². The molecule has 0 saturated heterocycles. The van der Waals surface area contributed by atoms with Crippen LogP contribution in [-0.2, 0) is 11.3 Å². The first-order chi connectivity index (χ1) is 10.1. The molecule has 0 spiro atoms. The summed E-state index contributed by atoms with van der Waals surface area (Å²) in [5, 5.41) is 2.33. The molecule has 0 bridgehead atoms. The highest BCUT2D eigenvalue weighted by Gasteiger charge is 2.19. The van der Waals surface area contributed by atoms with E-state index in [0.29, 0.717) is 9.90 Å². The number of carbonyl (C=O) groups excluding carboxylic acids is 1. The van der Waals surface area contributed by atoms with Crippen LogP contribution in [-0.4, -0.2) is 11.0 Å². The second-order valence-electron chi connectivity index (χ2n) is 4.56. The topological polar surface area (TPSA) is 39.2 Å². The fourth-order valence-corrected chi connectivity index (χ4v) is 4.30. The third kappa shape index (κ3) is 2.81. The van der Waals surface area contributed by atoms with Crippen molar-refractivity contribution in [1.29, 1.82) is 0 Å². The zero-order valence-electron chi connectivity index (χ0n) is 11.5. The van der Waals surface area contributed by atoms with Gasteiger partial charge in [0.15, 0.2) is 0 Å². The number of aryl methyl sites for hydroxylation is 2. The van der Waals surface area contributed by atoms with Gasteiger partial charge in [-0.15, -0.1) is 22.7 Å². The van der Waals surface area contributed by atoms with Crippen LogP contribution >= 0.6 is 34.3 Å². The first kappa shape index (κ1) is 14.5. The normalized spacial score (nSPS) is 11.0. The van der Waals surface area contributed by atoms with Gasteiger partial charge in [-0.3, -0.25) is 0 Å². The summed E-state index contributed by atoms with van der Waals surface area (Å²) in [7, 11) is 0. The van der Waals surface area contributed by atoms with Gasteiger partial charge in [-0.05, 0) is 19.9 Å². The van der Waals surface area contributed by atoms with Crippen LogP contribution in [0.4, 0.5) is 0 Å². The van der Waals surface area contributed by atoms with Crippen LogP contribution in [0.2, 0.25) is 5.02 Å². The Morgan fingerprint density at radius 1 is 1.29 bits per heavy atom. The average Bonchev–Trinajstić information content (AvgIpc) is 2.97.